The van der Waals surface area contributed by atoms with Gasteiger partial charge in [0.1, 0.15) is 5.82 Å². The van der Waals surface area contributed by atoms with Crippen molar-refractivity contribution in [1.29, 1.82) is 0 Å². The number of piperidine rings is 1. The van der Waals surface area contributed by atoms with Crippen molar-refractivity contribution in [1.82, 2.24) is 20.3 Å². The van der Waals surface area contributed by atoms with E-state index in [2.05, 4.69) is 15.3 Å². The first-order valence-electron chi connectivity index (χ1n) is 8.57. The zero-order chi connectivity index (χ0) is 17.6. The highest BCUT2D eigenvalue weighted by Gasteiger charge is 2.23. The minimum atomic E-state index is -0.851. The molecule has 2 aromatic heterocycles. The molecule has 3 heterocycles. The molecule has 0 saturated carbocycles. The van der Waals surface area contributed by atoms with Crippen molar-refractivity contribution in [3.8, 4) is 11.3 Å². The van der Waals surface area contributed by atoms with Crippen molar-refractivity contribution >= 4 is 11.0 Å². The van der Waals surface area contributed by atoms with Crippen LogP contribution in [0.4, 0.5) is 8.78 Å². The van der Waals surface area contributed by atoms with Crippen molar-refractivity contribution in [3.05, 3.63) is 46.9 Å². The van der Waals surface area contributed by atoms with Gasteiger partial charge in [-0.05, 0) is 58.0 Å². The molecule has 1 saturated heterocycles. The number of aryl methyl sites for hydroxylation is 2. The Morgan fingerprint density at radius 3 is 2.52 bits per heavy atom. The molecular weight excluding hydrogens is 322 g/mol. The Balaban J connectivity index is 1.90. The fourth-order valence-electron chi connectivity index (χ4n) is 3.66. The molecule has 0 amide bonds. The normalized spacial score (nSPS) is 15.8. The highest BCUT2D eigenvalue weighted by molar-refractivity contribution is 5.89. The first-order chi connectivity index (χ1) is 12.0. The second-order valence-corrected chi connectivity index (χ2v) is 6.66. The molecule has 3 aromatic rings. The third-order valence-electron chi connectivity index (χ3n) is 4.96. The Bertz CT molecular complexity index is 942. The van der Waals surface area contributed by atoms with Crippen molar-refractivity contribution in [2.75, 3.05) is 13.1 Å². The number of rotatable bonds is 2. The Kier molecular flexibility index (Phi) is 4.00. The average molecular weight is 342 g/mol. The van der Waals surface area contributed by atoms with Gasteiger partial charge < -0.3 is 10.3 Å². The second-order valence-electron chi connectivity index (χ2n) is 6.66. The highest BCUT2D eigenvalue weighted by Crippen LogP contribution is 2.34. The summed E-state index contributed by atoms with van der Waals surface area (Å²) in [5.41, 5.74) is 5.12. The zero-order valence-corrected chi connectivity index (χ0v) is 14.3. The lowest BCUT2D eigenvalue weighted by atomic mass is 9.93. The lowest BCUT2D eigenvalue weighted by molar-refractivity contribution is 0.454. The number of nitrogens with zero attached hydrogens (tertiary/aromatic N) is 2. The van der Waals surface area contributed by atoms with Gasteiger partial charge in [0, 0.05) is 17.0 Å². The van der Waals surface area contributed by atoms with Crippen LogP contribution in [0.3, 0.4) is 0 Å². The van der Waals surface area contributed by atoms with E-state index in [1.807, 2.05) is 13.8 Å². The molecular formula is C19H20F2N4. The van der Waals surface area contributed by atoms with Gasteiger partial charge in [0.25, 0.3) is 0 Å². The summed E-state index contributed by atoms with van der Waals surface area (Å²) >= 11 is 0. The van der Waals surface area contributed by atoms with Gasteiger partial charge in [0.2, 0.25) is 0 Å². The smallest absolute Gasteiger partial charge is 0.159 e. The number of benzene rings is 1. The largest absolute Gasteiger partial charge is 0.351 e. The number of hydrogen-bond donors (Lipinski definition) is 2. The molecule has 0 radical (unpaired) electrons. The van der Waals surface area contributed by atoms with E-state index in [9.17, 15) is 8.78 Å². The molecule has 1 aromatic carbocycles. The molecule has 0 unspecified atom stereocenters. The summed E-state index contributed by atoms with van der Waals surface area (Å²) in [6.45, 7) is 5.80. The highest BCUT2D eigenvalue weighted by atomic mass is 19.2. The number of fused-ring (bicyclic) bond motifs is 1. The summed E-state index contributed by atoms with van der Waals surface area (Å²) in [6, 6.07) is 3.96. The van der Waals surface area contributed by atoms with Crippen molar-refractivity contribution in [2.24, 2.45) is 0 Å². The Hall–Kier alpha value is -2.34. The summed E-state index contributed by atoms with van der Waals surface area (Å²) in [6.07, 6.45) is 2.06. The van der Waals surface area contributed by atoms with Gasteiger partial charge in [-0.3, -0.25) is 0 Å². The van der Waals surface area contributed by atoms with Crippen LogP contribution in [0.2, 0.25) is 0 Å². The second kappa shape index (κ2) is 6.19. The van der Waals surface area contributed by atoms with Crippen LogP contribution in [0.1, 0.15) is 35.8 Å². The molecule has 1 aliphatic heterocycles. The molecule has 0 aliphatic carbocycles. The van der Waals surface area contributed by atoms with Gasteiger partial charge in [-0.2, -0.15) is 0 Å². The predicted molar refractivity (Wildman–Crippen MR) is 93.6 cm³/mol. The van der Waals surface area contributed by atoms with E-state index in [-0.39, 0.29) is 0 Å². The third kappa shape index (κ3) is 2.80. The minimum absolute atomic E-state index is 0.376. The van der Waals surface area contributed by atoms with Crippen LogP contribution in [0, 0.1) is 25.5 Å². The standard InChI is InChI=1S/C19H20F2N4/c1-10-16(13-3-4-14(20)15(21)9-13)25-19-17(10)23-11(2)24-18(19)12-5-7-22-8-6-12/h3-4,9,12,22,25H,5-8H2,1-2H3. The maximum atomic E-state index is 13.7. The minimum Gasteiger partial charge on any atom is -0.351 e. The van der Waals surface area contributed by atoms with Gasteiger partial charge in [0.15, 0.2) is 11.6 Å². The van der Waals surface area contributed by atoms with Crippen LogP contribution < -0.4 is 5.32 Å². The van der Waals surface area contributed by atoms with Crippen LogP contribution >= 0.6 is 0 Å². The number of aromatic amines is 1. The van der Waals surface area contributed by atoms with E-state index in [0.717, 1.165) is 65.8 Å². The van der Waals surface area contributed by atoms with E-state index in [4.69, 9.17) is 4.98 Å². The fourth-order valence-corrected chi connectivity index (χ4v) is 3.66. The van der Waals surface area contributed by atoms with E-state index >= 15 is 0 Å². The van der Waals surface area contributed by atoms with Gasteiger partial charge in [-0.1, -0.05) is 0 Å². The van der Waals surface area contributed by atoms with Crippen LogP contribution in [0.5, 0.6) is 0 Å². The van der Waals surface area contributed by atoms with Gasteiger partial charge >= 0.3 is 0 Å². The molecule has 1 aliphatic rings. The van der Waals surface area contributed by atoms with Crippen molar-refractivity contribution in [2.45, 2.75) is 32.6 Å². The predicted octanol–water partition coefficient (Wildman–Crippen LogP) is 3.99. The third-order valence-corrected chi connectivity index (χ3v) is 4.96. The SMILES string of the molecule is Cc1nc(C2CCNCC2)c2[nH]c(-c3ccc(F)c(F)c3)c(C)c2n1. The molecule has 1 fully saturated rings. The van der Waals surface area contributed by atoms with Crippen molar-refractivity contribution < 1.29 is 8.78 Å². The van der Waals surface area contributed by atoms with E-state index in [1.165, 1.54) is 6.07 Å². The average Bonchev–Trinajstić information content (AvgIpc) is 2.94. The number of nitrogens with one attached hydrogen (secondary N) is 2. The molecule has 4 nitrogen and oxygen atoms in total. The molecule has 4 rings (SSSR count). The van der Waals surface area contributed by atoms with Crippen LogP contribution in [-0.2, 0) is 0 Å². The maximum absolute atomic E-state index is 13.7. The van der Waals surface area contributed by atoms with Crippen LogP contribution in [0.15, 0.2) is 18.2 Å². The Morgan fingerprint density at radius 1 is 1.04 bits per heavy atom. The summed E-state index contributed by atoms with van der Waals surface area (Å²) in [5.74, 6) is -0.582. The molecule has 0 bridgehead atoms. The molecule has 2 N–H and O–H groups in total. The molecule has 130 valence electrons. The quantitative estimate of drug-likeness (QED) is 0.740. The van der Waals surface area contributed by atoms with E-state index < -0.39 is 11.6 Å². The maximum Gasteiger partial charge on any atom is 0.159 e. The number of hydrogen-bond acceptors (Lipinski definition) is 3. The summed E-state index contributed by atoms with van der Waals surface area (Å²) in [5, 5.41) is 3.37. The lowest BCUT2D eigenvalue weighted by Crippen LogP contribution is -2.27. The Labute approximate surface area is 144 Å². The van der Waals surface area contributed by atoms with E-state index in [1.54, 1.807) is 6.07 Å². The van der Waals surface area contributed by atoms with Crippen molar-refractivity contribution in [3.63, 3.8) is 0 Å². The fraction of sp³-hybridized carbons (Fsp3) is 0.368. The summed E-state index contributed by atoms with van der Waals surface area (Å²) in [7, 11) is 0. The molecule has 0 atom stereocenters. The first-order valence-corrected chi connectivity index (χ1v) is 8.57. The topological polar surface area (TPSA) is 53.6 Å². The number of halogens is 2. The monoisotopic (exact) mass is 342 g/mol. The summed E-state index contributed by atoms with van der Waals surface area (Å²) < 4.78 is 26.9. The van der Waals surface area contributed by atoms with Gasteiger partial charge in [0.05, 0.1) is 22.4 Å². The van der Waals surface area contributed by atoms with Crippen LogP contribution in [0.25, 0.3) is 22.3 Å². The van der Waals surface area contributed by atoms with Gasteiger partial charge in [-0.15, -0.1) is 0 Å². The lowest BCUT2D eigenvalue weighted by Gasteiger charge is -2.22. The number of aromatic nitrogens is 3. The van der Waals surface area contributed by atoms with Gasteiger partial charge in [-0.25, -0.2) is 18.7 Å². The Morgan fingerprint density at radius 2 is 1.80 bits per heavy atom. The zero-order valence-electron chi connectivity index (χ0n) is 14.3. The molecule has 25 heavy (non-hydrogen) atoms. The first kappa shape index (κ1) is 16.1. The number of H-pyrrole nitrogens is 1. The molecule has 0 spiro atoms. The van der Waals surface area contributed by atoms with Crippen LogP contribution in [-0.4, -0.2) is 28.0 Å². The van der Waals surface area contributed by atoms with E-state index in [0.29, 0.717) is 11.5 Å². The summed E-state index contributed by atoms with van der Waals surface area (Å²) in [4.78, 5) is 12.7. The molecule has 6 heteroatoms.